The first-order chi connectivity index (χ1) is 12.4. The molecule has 1 fully saturated rings. The van der Waals surface area contributed by atoms with E-state index in [0.717, 1.165) is 11.6 Å². The number of hydrogen-bond donors (Lipinski definition) is 0. The van der Waals surface area contributed by atoms with Gasteiger partial charge in [0.15, 0.2) is 11.6 Å². The number of aromatic nitrogens is 1. The van der Waals surface area contributed by atoms with Crippen molar-refractivity contribution in [2.24, 2.45) is 0 Å². The van der Waals surface area contributed by atoms with E-state index in [2.05, 4.69) is 10.1 Å². The quantitative estimate of drug-likeness (QED) is 0.834. The molecule has 7 nitrogen and oxygen atoms in total. The minimum Gasteiger partial charge on any atom is -0.486 e. The molecule has 1 aromatic heterocycles. The predicted octanol–water partition coefficient (Wildman–Crippen LogP) is 3.31. The van der Waals surface area contributed by atoms with Crippen molar-refractivity contribution in [3.63, 3.8) is 0 Å². The van der Waals surface area contributed by atoms with E-state index in [1.165, 1.54) is 0 Å². The first kappa shape index (κ1) is 18.1. The Morgan fingerprint density at radius 3 is 2.50 bits per heavy atom. The molecule has 140 valence electrons. The molecule has 0 atom stereocenters. The molecule has 26 heavy (non-hydrogen) atoms. The molecule has 0 N–H and O–H groups in total. The summed E-state index contributed by atoms with van der Waals surface area (Å²) in [5.74, 6) is 2.22. The van der Waals surface area contributed by atoms with E-state index in [-0.39, 0.29) is 6.09 Å². The molecule has 0 unspecified atom stereocenters. The summed E-state index contributed by atoms with van der Waals surface area (Å²) in [6.45, 7) is 8.50. The topological polar surface area (TPSA) is 68.0 Å². The maximum Gasteiger partial charge on any atom is 0.410 e. The van der Waals surface area contributed by atoms with Gasteiger partial charge in [0.2, 0.25) is 0 Å². The molecular formula is C19H25N3O4. The summed E-state index contributed by atoms with van der Waals surface area (Å²) in [7, 11) is 0. The molecule has 1 aromatic carbocycles. The Morgan fingerprint density at radius 2 is 1.85 bits per heavy atom. The lowest BCUT2D eigenvalue weighted by Gasteiger charge is -2.35. The van der Waals surface area contributed by atoms with Crippen molar-refractivity contribution in [1.29, 1.82) is 0 Å². The number of rotatable bonds is 4. The number of nitrogens with zero attached hydrogens (tertiary/aromatic N) is 3. The number of anilines is 1. The minimum absolute atomic E-state index is 0.269. The van der Waals surface area contributed by atoms with E-state index in [9.17, 15) is 4.79 Å². The molecule has 1 saturated heterocycles. The maximum atomic E-state index is 12.1. The van der Waals surface area contributed by atoms with E-state index >= 15 is 0 Å². The summed E-state index contributed by atoms with van der Waals surface area (Å²) in [6.07, 6.45) is -0.269. The lowest BCUT2D eigenvalue weighted by molar-refractivity contribution is 0.0240. The van der Waals surface area contributed by atoms with Crippen LogP contribution in [0.25, 0.3) is 0 Å². The van der Waals surface area contributed by atoms with E-state index in [0.29, 0.717) is 38.5 Å². The average molecular weight is 359 g/mol. The van der Waals surface area contributed by atoms with Gasteiger partial charge in [-0.3, -0.25) is 0 Å². The Kier molecular flexibility index (Phi) is 5.35. The zero-order valence-corrected chi connectivity index (χ0v) is 15.5. The van der Waals surface area contributed by atoms with Crippen LogP contribution in [0.1, 0.15) is 26.5 Å². The number of amides is 1. The SMILES string of the molecule is CC(C)(C)OC(=O)N1CCN(c2cc(COc3ccccc3)on2)CC1. The van der Waals surface area contributed by atoms with Crippen LogP contribution < -0.4 is 9.64 Å². The molecule has 3 rings (SSSR count). The van der Waals surface area contributed by atoms with Gasteiger partial charge >= 0.3 is 6.09 Å². The van der Waals surface area contributed by atoms with Gasteiger partial charge in [-0.05, 0) is 32.9 Å². The van der Waals surface area contributed by atoms with Crippen molar-refractivity contribution >= 4 is 11.9 Å². The summed E-state index contributed by atoms with van der Waals surface area (Å²) in [5.41, 5.74) is -0.478. The van der Waals surface area contributed by atoms with Crippen LogP contribution in [0, 0.1) is 0 Å². The second-order valence-corrected chi connectivity index (χ2v) is 7.21. The third-order valence-electron chi connectivity index (χ3n) is 3.93. The van der Waals surface area contributed by atoms with Crippen LogP contribution in [0.2, 0.25) is 0 Å². The first-order valence-corrected chi connectivity index (χ1v) is 8.77. The van der Waals surface area contributed by atoms with Crippen LogP contribution in [-0.2, 0) is 11.3 Å². The number of carbonyl (C=O) groups is 1. The molecule has 2 heterocycles. The number of ether oxygens (including phenoxy) is 2. The van der Waals surface area contributed by atoms with E-state index in [1.807, 2.05) is 57.2 Å². The fourth-order valence-electron chi connectivity index (χ4n) is 2.63. The molecule has 1 aliphatic rings. The van der Waals surface area contributed by atoms with Crippen molar-refractivity contribution in [2.45, 2.75) is 33.0 Å². The monoisotopic (exact) mass is 359 g/mol. The number of benzene rings is 1. The van der Waals surface area contributed by atoms with Gasteiger partial charge < -0.3 is 23.8 Å². The normalized spacial score (nSPS) is 15.0. The molecule has 0 radical (unpaired) electrons. The Labute approximate surface area is 153 Å². The average Bonchev–Trinajstić information content (AvgIpc) is 3.08. The zero-order valence-electron chi connectivity index (χ0n) is 15.5. The minimum atomic E-state index is -0.478. The van der Waals surface area contributed by atoms with Gasteiger partial charge in [-0.25, -0.2) is 4.79 Å². The zero-order chi connectivity index (χ0) is 18.6. The number of hydrogen-bond acceptors (Lipinski definition) is 6. The Bertz CT molecular complexity index is 716. The fourth-order valence-corrected chi connectivity index (χ4v) is 2.63. The molecule has 1 aliphatic heterocycles. The summed E-state index contributed by atoms with van der Waals surface area (Å²) >= 11 is 0. The molecule has 0 aliphatic carbocycles. The lowest BCUT2D eigenvalue weighted by Crippen LogP contribution is -2.50. The summed E-state index contributed by atoms with van der Waals surface area (Å²) in [6, 6.07) is 11.5. The molecule has 0 spiro atoms. The van der Waals surface area contributed by atoms with E-state index in [1.54, 1.807) is 4.90 Å². The van der Waals surface area contributed by atoms with Gasteiger partial charge in [-0.15, -0.1) is 0 Å². The highest BCUT2D eigenvalue weighted by Crippen LogP contribution is 2.19. The van der Waals surface area contributed by atoms with Crippen LogP contribution in [0.5, 0.6) is 5.75 Å². The number of carbonyl (C=O) groups excluding carboxylic acids is 1. The van der Waals surface area contributed by atoms with Gasteiger partial charge in [-0.2, -0.15) is 0 Å². The van der Waals surface area contributed by atoms with E-state index in [4.69, 9.17) is 14.0 Å². The van der Waals surface area contributed by atoms with Crippen molar-refractivity contribution in [3.8, 4) is 5.75 Å². The third kappa shape index (κ3) is 4.91. The maximum absolute atomic E-state index is 12.1. The Morgan fingerprint density at radius 1 is 1.15 bits per heavy atom. The van der Waals surface area contributed by atoms with Crippen molar-refractivity contribution in [3.05, 3.63) is 42.2 Å². The van der Waals surface area contributed by atoms with Crippen LogP contribution in [-0.4, -0.2) is 47.9 Å². The van der Waals surface area contributed by atoms with Crippen molar-refractivity contribution < 1.29 is 18.8 Å². The highest BCUT2D eigenvalue weighted by Gasteiger charge is 2.27. The summed E-state index contributed by atoms with van der Waals surface area (Å²) in [5, 5.41) is 4.12. The molecular weight excluding hydrogens is 334 g/mol. The highest BCUT2D eigenvalue weighted by molar-refractivity contribution is 5.68. The smallest absolute Gasteiger partial charge is 0.410 e. The highest BCUT2D eigenvalue weighted by atomic mass is 16.6. The number of piperazine rings is 1. The van der Waals surface area contributed by atoms with Gasteiger partial charge in [-0.1, -0.05) is 23.4 Å². The second-order valence-electron chi connectivity index (χ2n) is 7.21. The second kappa shape index (κ2) is 7.68. The lowest BCUT2D eigenvalue weighted by atomic mass is 10.2. The third-order valence-corrected chi connectivity index (χ3v) is 3.93. The van der Waals surface area contributed by atoms with Gasteiger partial charge in [0.25, 0.3) is 0 Å². The number of para-hydroxylation sites is 1. The summed E-state index contributed by atoms with van der Waals surface area (Å²) < 4.78 is 16.4. The Balaban J connectivity index is 1.49. The molecule has 0 saturated carbocycles. The largest absolute Gasteiger partial charge is 0.486 e. The van der Waals surface area contributed by atoms with Crippen LogP contribution >= 0.6 is 0 Å². The van der Waals surface area contributed by atoms with Crippen molar-refractivity contribution in [2.75, 3.05) is 31.1 Å². The predicted molar refractivity (Wildman–Crippen MR) is 97.3 cm³/mol. The van der Waals surface area contributed by atoms with Crippen LogP contribution in [0.3, 0.4) is 0 Å². The van der Waals surface area contributed by atoms with Crippen LogP contribution in [0.15, 0.2) is 40.9 Å². The Hall–Kier alpha value is -2.70. The molecule has 2 aromatic rings. The summed E-state index contributed by atoms with van der Waals surface area (Å²) in [4.78, 5) is 15.9. The molecule has 1 amide bonds. The molecule has 7 heteroatoms. The molecule has 0 bridgehead atoms. The van der Waals surface area contributed by atoms with Gasteiger partial charge in [0.1, 0.15) is 18.0 Å². The van der Waals surface area contributed by atoms with Gasteiger partial charge in [0, 0.05) is 32.2 Å². The van der Waals surface area contributed by atoms with Crippen LogP contribution in [0.4, 0.5) is 10.6 Å². The fraction of sp³-hybridized carbons (Fsp3) is 0.474. The van der Waals surface area contributed by atoms with E-state index < -0.39 is 5.60 Å². The van der Waals surface area contributed by atoms with Gasteiger partial charge in [0.05, 0.1) is 0 Å². The first-order valence-electron chi connectivity index (χ1n) is 8.77. The van der Waals surface area contributed by atoms with Crippen molar-refractivity contribution in [1.82, 2.24) is 10.1 Å². The standard InChI is InChI=1S/C19H25N3O4/c1-19(2,3)25-18(23)22-11-9-21(10-12-22)17-13-16(26-20-17)14-24-15-7-5-4-6-8-15/h4-8,13H,9-12,14H2,1-3H3.